The summed E-state index contributed by atoms with van der Waals surface area (Å²) in [7, 11) is -3.09. The van der Waals surface area contributed by atoms with Crippen molar-refractivity contribution in [3.8, 4) is 0 Å². The smallest absolute Gasteiger partial charge is 0.175 e. The average Bonchev–Trinajstić information content (AvgIpc) is 2.32. The van der Waals surface area contributed by atoms with Crippen LogP contribution in [0.15, 0.2) is 29.2 Å². The molecule has 1 aliphatic rings. The van der Waals surface area contributed by atoms with Crippen molar-refractivity contribution in [2.24, 2.45) is 0 Å². The van der Waals surface area contributed by atoms with E-state index in [2.05, 4.69) is 10.2 Å². The van der Waals surface area contributed by atoms with Crippen molar-refractivity contribution in [2.75, 3.05) is 32.4 Å². The third-order valence-electron chi connectivity index (χ3n) is 3.41. The molecule has 4 nitrogen and oxygen atoms in total. The molecule has 0 saturated carbocycles. The monoisotopic (exact) mass is 282 g/mol. The normalized spacial score (nSPS) is 18.8. The fourth-order valence-corrected chi connectivity index (χ4v) is 2.98. The van der Waals surface area contributed by atoms with Gasteiger partial charge in [-0.2, -0.15) is 0 Å². The Hall–Kier alpha value is -0.910. The molecule has 0 spiro atoms. The molecule has 2 rings (SSSR count). The summed E-state index contributed by atoms with van der Waals surface area (Å²) in [6.45, 7) is 5.28. The predicted octanol–water partition coefficient (Wildman–Crippen LogP) is 1.28. The van der Waals surface area contributed by atoms with Gasteiger partial charge in [0.1, 0.15) is 0 Å². The molecule has 0 aliphatic carbocycles. The van der Waals surface area contributed by atoms with Crippen LogP contribution in [0.1, 0.15) is 18.4 Å². The highest BCUT2D eigenvalue weighted by Crippen LogP contribution is 2.12. The van der Waals surface area contributed by atoms with Gasteiger partial charge in [0, 0.05) is 12.8 Å². The first-order chi connectivity index (χ1) is 9.05. The molecule has 106 valence electrons. The fraction of sp³-hybridized carbons (Fsp3) is 0.571. The van der Waals surface area contributed by atoms with E-state index in [1.54, 1.807) is 12.1 Å². The van der Waals surface area contributed by atoms with Gasteiger partial charge in [0.05, 0.1) is 4.90 Å². The Bertz CT molecular complexity index is 489. The first-order valence-electron chi connectivity index (χ1n) is 6.78. The number of sulfone groups is 1. The number of hydrogen-bond acceptors (Lipinski definition) is 4. The highest BCUT2D eigenvalue weighted by Gasteiger charge is 2.10. The molecule has 19 heavy (non-hydrogen) atoms. The van der Waals surface area contributed by atoms with Gasteiger partial charge in [-0.1, -0.05) is 12.1 Å². The average molecular weight is 282 g/mol. The van der Waals surface area contributed by atoms with E-state index < -0.39 is 9.84 Å². The maximum Gasteiger partial charge on any atom is 0.175 e. The minimum Gasteiger partial charge on any atom is -0.317 e. The summed E-state index contributed by atoms with van der Waals surface area (Å²) >= 11 is 0. The molecule has 1 N–H and O–H groups in total. The Morgan fingerprint density at radius 1 is 1.11 bits per heavy atom. The zero-order valence-corrected chi connectivity index (χ0v) is 12.2. The van der Waals surface area contributed by atoms with E-state index in [-0.39, 0.29) is 0 Å². The largest absolute Gasteiger partial charge is 0.317 e. The number of nitrogens with zero attached hydrogens (tertiary/aromatic N) is 1. The van der Waals surface area contributed by atoms with Crippen molar-refractivity contribution in [3.05, 3.63) is 29.8 Å². The zero-order chi connectivity index (χ0) is 13.7. The lowest BCUT2D eigenvalue weighted by molar-refractivity contribution is 0.245. The van der Waals surface area contributed by atoms with E-state index in [0.717, 1.165) is 32.7 Å². The Morgan fingerprint density at radius 3 is 2.21 bits per heavy atom. The Balaban J connectivity index is 1.98. The van der Waals surface area contributed by atoms with Crippen molar-refractivity contribution in [1.29, 1.82) is 0 Å². The van der Waals surface area contributed by atoms with E-state index in [4.69, 9.17) is 0 Å². The predicted molar refractivity (Wildman–Crippen MR) is 76.9 cm³/mol. The summed E-state index contributed by atoms with van der Waals surface area (Å²) in [6, 6.07) is 7.26. The van der Waals surface area contributed by atoms with E-state index in [1.807, 2.05) is 12.1 Å². The molecule has 0 bridgehead atoms. The van der Waals surface area contributed by atoms with Crippen LogP contribution in [0.2, 0.25) is 0 Å². The number of hydrogen-bond donors (Lipinski definition) is 1. The molecular formula is C14H22N2O2S. The maximum atomic E-state index is 11.4. The molecule has 0 unspecified atom stereocenters. The van der Waals surface area contributed by atoms with Crippen LogP contribution in [-0.4, -0.2) is 45.8 Å². The topological polar surface area (TPSA) is 49.4 Å². The summed E-state index contributed by atoms with van der Waals surface area (Å²) in [5, 5.41) is 3.40. The van der Waals surface area contributed by atoms with Crippen LogP contribution in [0.5, 0.6) is 0 Å². The molecular weight excluding hydrogens is 260 g/mol. The molecule has 5 heteroatoms. The van der Waals surface area contributed by atoms with Crippen LogP contribution in [0, 0.1) is 0 Å². The first-order valence-corrected chi connectivity index (χ1v) is 8.67. The summed E-state index contributed by atoms with van der Waals surface area (Å²) in [6.07, 6.45) is 3.58. The molecule has 1 aromatic carbocycles. The van der Waals surface area contributed by atoms with Crippen molar-refractivity contribution in [1.82, 2.24) is 10.2 Å². The molecule has 0 atom stereocenters. The highest BCUT2D eigenvalue weighted by atomic mass is 32.2. The summed E-state index contributed by atoms with van der Waals surface area (Å²) in [5.41, 5.74) is 1.18. The lowest BCUT2D eigenvalue weighted by Crippen LogP contribution is -2.33. The number of nitrogens with one attached hydrogen (secondary N) is 1. The van der Waals surface area contributed by atoms with Gasteiger partial charge in [0.15, 0.2) is 9.84 Å². The van der Waals surface area contributed by atoms with Gasteiger partial charge in [-0.15, -0.1) is 0 Å². The van der Waals surface area contributed by atoms with Crippen LogP contribution in [0.4, 0.5) is 0 Å². The van der Waals surface area contributed by atoms with E-state index in [1.165, 1.54) is 24.7 Å². The molecule has 1 aliphatic heterocycles. The van der Waals surface area contributed by atoms with Crippen LogP contribution in [-0.2, 0) is 16.4 Å². The summed E-state index contributed by atoms with van der Waals surface area (Å²) in [5.74, 6) is 0. The summed E-state index contributed by atoms with van der Waals surface area (Å²) in [4.78, 5) is 2.84. The molecule has 0 amide bonds. The molecule has 0 aromatic heterocycles. The van der Waals surface area contributed by atoms with Gasteiger partial charge in [0.25, 0.3) is 0 Å². The fourth-order valence-electron chi connectivity index (χ4n) is 2.35. The van der Waals surface area contributed by atoms with Crippen LogP contribution in [0.3, 0.4) is 0 Å². The van der Waals surface area contributed by atoms with E-state index >= 15 is 0 Å². The second kappa shape index (κ2) is 6.50. The lowest BCUT2D eigenvalue weighted by Gasteiger charge is -2.24. The van der Waals surface area contributed by atoms with Gasteiger partial charge in [-0.05, 0) is 56.7 Å². The molecule has 1 aromatic rings. The van der Waals surface area contributed by atoms with E-state index in [9.17, 15) is 8.42 Å². The van der Waals surface area contributed by atoms with Gasteiger partial charge < -0.3 is 5.32 Å². The van der Waals surface area contributed by atoms with Gasteiger partial charge in [-0.25, -0.2) is 8.42 Å². The molecule has 1 saturated heterocycles. The van der Waals surface area contributed by atoms with Crippen molar-refractivity contribution in [2.45, 2.75) is 24.3 Å². The Labute approximate surface area is 115 Å². The molecule has 1 fully saturated rings. The zero-order valence-electron chi connectivity index (χ0n) is 11.4. The molecule has 0 radical (unpaired) electrons. The van der Waals surface area contributed by atoms with Gasteiger partial charge in [0.2, 0.25) is 0 Å². The Kier molecular flexibility index (Phi) is 4.96. The second-order valence-electron chi connectivity index (χ2n) is 5.15. The van der Waals surface area contributed by atoms with E-state index in [0.29, 0.717) is 4.90 Å². The van der Waals surface area contributed by atoms with Crippen LogP contribution in [0.25, 0.3) is 0 Å². The van der Waals surface area contributed by atoms with Gasteiger partial charge >= 0.3 is 0 Å². The van der Waals surface area contributed by atoms with Crippen molar-refractivity contribution < 1.29 is 8.42 Å². The first kappa shape index (κ1) is 14.5. The third-order valence-corrected chi connectivity index (χ3v) is 4.54. The van der Waals surface area contributed by atoms with Crippen molar-refractivity contribution in [3.63, 3.8) is 0 Å². The standard InChI is InChI=1S/C14H22N2O2S/c1-19(17,18)14-6-4-13(5-7-14)12-16-10-2-8-15-9-3-11-16/h4-7,15H,2-3,8-12H2,1H3. The second-order valence-corrected chi connectivity index (χ2v) is 7.17. The highest BCUT2D eigenvalue weighted by molar-refractivity contribution is 7.90. The SMILES string of the molecule is CS(=O)(=O)c1ccc(CN2CCCNCCC2)cc1. The van der Waals surface area contributed by atoms with Crippen LogP contribution < -0.4 is 5.32 Å². The lowest BCUT2D eigenvalue weighted by atomic mass is 10.2. The third kappa shape index (κ3) is 4.60. The maximum absolute atomic E-state index is 11.4. The minimum absolute atomic E-state index is 0.396. The quantitative estimate of drug-likeness (QED) is 0.907. The number of benzene rings is 1. The molecule has 1 heterocycles. The Morgan fingerprint density at radius 2 is 1.68 bits per heavy atom. The summed E-state index contributed by atoms with van der Waals surface area (Å²) < 4.78 is 22.8. The van der Waals surface area contributed by atoms with Crippen LogP contribution >= 0.6 is 0 Å². The minimum atomic E-state index is -3.09. The van der Waals surface area contributed by atoms with Gasteiger partial charge in [-0.3, -0.25) is 4.90 Å². The van der Waals surface area contributed by atoms with Crippen molar-refractivity contribution >= 4 is 9.84 Å². The number of rotatable bonds is 3.